The largest absolute Gasteiger partial charge is 0.383 e. The molecule has 1 saturated heterocycles. The third kappa shape index (κ3) is 3.30. The van der Waals surface area contributed by atoms with Gasteiger partial charge in [-0.1, -0.05) is 0 Å². The van der Waals surface area contributed by atoms with Gasteiger partial charge in [-0.3, -0.25) is 0 Å². The van der Waals surface area contributed by atoms with Crippen molar-refractivity contribution in [3.63, 3.8) is 0 Å². The second-order valence-electron chi connectivity index (χ2n) is 5.45. The van der Waals surface area contributed by atoms with Crippen molar-refractivity contribution < 1.29 is 4.74 Å². The Bertz CT molecular complexity index is 571. The highest BCUT2D eigenvalue weighted by Crippen LogP contribution is 2.25. The lowest BCUT2D eigenvalue weighted by Crippen LogP contribution is -2.40. The second kappa shape index (κ2) is 6.82. The highest BCUT2D eigenvalue weighted by atomic mass is 16.5. The number of fused-ring (bicyclic) bond motifs is 1. The molecule has 0 amide bonds. The molecule has 0 spiro atoms. The van der Waals surface area contributed by atoms with Gasteiger partial charge in [-0.15, -0.1) is 0 Å². The summed E-state index contributed by atoms with van der Waals surface area (Å²) in [7, 11) is 1.73. The molecule has 3 heterocycles. The number of nitrogens with one attached hydrogen (secondary N) is 2. The van der Waals surface area contributed by atoms with E-state index in [1.54, 1.807) is 19.8 Å². The number of hydrogen-bond acceptors (Lipinski definition) is 6. The van der Waals surface area contributed by atoms with Crippen LogP contribution in [0.15, 0.2) is 12.7 Å². The highest BCUT2D eigenvalue weighted by molar-refractivity contribution is 5.82. The number of H-pyrrole nitrogens is 1. The summed E-state index contributed by atoms with van der Waals surface area (Å²) >= 11 is 0. The first kappa shape index (κ1) is 14.2. The number of hydrogen-bond donors (Lipinski definition) is 2. The van der Waals surface area contributed by atoms with Crippen LogP contribution in [0.25, 0.3) is 11.2 Å². The van der Waals surface area contributed by atoms with Crippen molar-refractivity contribution >= 4 is 17.0 Å². The zero-order chi connectivity index (χ0) is 14.5. The van der Waals surface area contributed by atoms with Gasteiger partial charge in [-0.25, -0.2) is 15.0 Å². The van der Waals surface area contributed by atoms with Gasteiger partial charge in [0.2, 0.25) is 0 Å². The lowest BCUT2D eigenvalue weighted by atomic mass is 9.98. The predicted octanol–water partition coefficient (Wildman–Crippen LogP) is 0.805. The van der Waals surface area contributed by atoms with E-state index in [9.17, 15) is 0 Å². The summed E-state index contributed by atoms with van der Waals surface area (Å²) in [4.78, 5) is 18.3. The number of ether oxygens (including phenoxy) is 1. The summed E-state index contributed by atoms with van der Waals surface area (Å²) in [5, 5.41) is 3.46. The minimum absolute atomic E-state index is 0.642. The van der Waals surface area contributed by atoms with Crippen molar-refractivity contribution in [3.05, 3.63) is 12.7 Å². The Kier molecular flexibility index (Phi) is 4.62. The second-order valence-corrected chi connectivity index (χ2v) is 5.45. The molecule has 0 saturated carbocycles. The number of rotatable bonds is 6. The maximum Gasteiger partial charge on any atom is 0.182 e. The van der Waals surface area contributed by atoms with Crippen molar-refractivity contribution in [2.24, 2.45) is 5.92 Å². The van der Waals surface area contributed by atoms with E-state index in [1.165, 1.54) is 12.8 Å². The molecule has 1 aliphatic heterocycles. The van der Waals surface area contributed by atoms with E-state index in [4.69, 9.17) is 4.74 Å². The van der Waals surface area contributed by atoms with E-state index in [0.717, 1.165) is 49.8 Å². The van der Waals surface area contributed by atoms with Crippen LogP contribution in [-0.2, 0) is 4.74 Å². The molecule has 2 aromatic rings. The zero-order valence-corrected chi connectivity index (χ0v) is 12.4. The molecule has 1 aliphatic rings. The van der Waals surface area contributed by atoms with Crippen LogP contribution in [0.4, 0.5) is 5.82 Å². The van der Waals surface area contributed by atoms with Crippen LogP contribution in [-0.4, -0.2) is 59.8 Å². The first-order valence-electron chi connectivity index (χ1n) is 7.47. The van der Waals surface area contributed by atoms with Crippen LogP contribution < -0.4 is 10.2 Å². The topological polar surface area (TPSA) is 79.0 Å². The van der Waals surface area contributed by atoms with Gasteiger partial charge in [0.25, 0.3) is 0 Å². The third-order valence-corrected chi connectivity index (χ3v) is 3.94. The normalized spacial score (nSPS) is 19.3. The number of imidazole rings is 1. The fourth-order valence-electron chi connectivity index (χ4n) is 2.90. The van der Waals surface area contributed by atoms with E-state index < -0.39 is 0 Å². The molecule has 2 aromatic heterocycles. The fourth-order valence-corrected chi connectivity index (χ4v) is 2.90. The average molecular weight is 290 g/mol. The van der Waals surface area contributed by atoms with Crippen molar-refractivity contribution in [1.29, 1.82) is 0 Å². The number of anilines is 1. The van der Waals surface area contributed by atoms with Gasteiger partial charge in [-0.2, -0.15) is 0 Å². The third-order valence-electron chi connectivity index (χ3n) is 3.94. The molecule has 0 aromatic carbocycles. The van der Waals surface area contributed by atoms with Crippen molar-refractivity contribution in [2.75, 3.05) is 44.8 Å². The molecule has 0 radical (unpaired) electrons. The summed E-state index contributed by atoms with van der Waals surface area (Å²) in [6.07, 6.45) is 5.72. The van der Waals surface area contributed by atoms with E-state index in [0.29, 0.717) is 5.92 Å². The number of methoxy groups -OCH3 is 1. The maximum atomic E-state index is 5.06. The first-order chi connectivity index (χ1) is 10.4. The molecule has 7 nitrogen and oxygen atoms in total. The highest BCUT2D eigenvalue weighted by Gasteiger charge is 2.22. The summed E-state index contributed by atoms with van der Waals surface area (Å²) < 4.78 is 5.06. The Morgan fingerprint density at radius 1 is 1.43 bits per heavy atom. The minimum atomic E-state index is 0.642. The van der Waals surface area contributed by atoms with Gasteiger partial charge >= 0.3 is 0 Å². The molecule has 1 unspecified atom stereocenters. The molecule has 1 fully saturated rings. The van der Waals surface area contributed by atoms with Crippen LogP contribution in [0.5, 0.6) is 0 Å². The molecule has 1 atom stereocenters. The standard InChI is InChI=1S/C14H22N6O/c1-21-6-4-15-7-11-3-2-5-20(8-11)14-12-13(17-9-16-12)18-10-19-14/h9-11,15H,2-8H2,1H3,(H,16,17,18,19). The maximum absolute atomic E-state index is 5.06. The Labute approximate surface area is 124 Å². The fraction of sp³-hybridized carbons (Fsp3) is 0.643. The first-order valence-corrected chi connectivity index (χ1v) is 7.47. The van der Waals surface area contributed by atoms with Crippen LogP contribution in [0, 0.1) is 5.92 Å². The van der Waals surface area contributed by atoms with Gasteiger partial charge in [0.1, 0.15) is 11.8 Å². The molecular weight excluding hydrogens is 268 g/mol. The van der Waals surface area contributed by atoms with Crippen molar-refractivity contribution in [1.82, 2.24) is 25.3 Å². The lowest BCUT2D eigenvalue weighted by Gasteiger charge is -2.33. The molecule has 7 heteroatoms. The van der Waals surface area contributed by atoms with E-state index >= 15 is 0 Å². The van der Waals surface area contributed by atoms with Crippen molar-refractivity contribution in [3.8, 4) is 0 Å². The molecule has 3 rings (SSSR count). The SMILES string of the molecule is COCCNCC1CCCN(c2ncnc3nc[nH]c23)C1. The van der Waals surface area contributed by atoms with Gasteiger partial charge in [0.05, 0.1) is 12.9 Å². The minimum Gasteiger partial charge on any atom is -0.383 e. The van der Waals surface area contributed by atoms with Crippen LogP contribution >= 0.6 is 0 Å². The van der Waals surface area contributed by atoms with E-state index in [-0.39, 0.29) is 0 Å². The Balaban J connectivity index is 1.64. The van der Waals surface area contributed by atoms with E-state index in [1.807, 2.05) is 0 Å². The van der Waals surface area contributed by atoms with Gasteiger partial charge in [0, 0.05) is 26.7 Å². The number of nitrogens with zero attached hydrogens (tertiary/aromatic N) is 4. The van der Waals surface area contributed by atoms with Gasteiger partial charge in [-0.05, 0) is 25.3 Å². The number of aromatic nitrogens is 4. The molecular formula is C14H22N6O. The number of aromatic amines is 1. The number of piperidine rings is 1. The summed E-state index contributed by atoms with van der Waals surface area (Å²) in [6.45, 7) is 4.75. The van der Waals surface area contributed by atoms with Gasteiger partial charge in [0.15, 0.2) is 11.5 Å². The van der Waals surface area contributed by atoms with E-state index in [2.05, 4.69) is 30.2 Å². The molecule has 0 aliphatic carbocycles. The lowest BCUT2D eigenvalue weighted by molar-refractivity contribution is 0.197. The smallest absolute Gasteiger partial charge is 0.182 e. The van der Waals surface area contributed by atoms with Gasteiger partial charge < -0.3 is 19.9 Å². The van der Waals surface area contributed by atoms with Crippen LogP contribution in [0.1, 0.15) is 12.8 Å². The quantitative estimate of drug-likeness (QED) is 0.766. The van der Waals surface area contributed by atoms with Crippen LogP contribution in [0.3, 0.4) is 0 Å². The van der Waals surface area contributed by atoms with Crippen LogP contribution in [0.2, 0.25) is 0 Å². The summed E-state index contributed by atoms with van der Waals surface area (Å²) in [5.74, 6) is 1.61. The summed E-state index contributed by atoms with van der Waals surface area (Å²) in [6, 6.07) is 0. The monoisotopic (exact) mass is 290 g/mol. The molecule has 2 N–H and O–H groups in total. The van der Waals surface area contributed by atoms with Crippen molar-refractivity contribution in [2.45, 2.75) is 12.8 Å². The Morgan fingerprint density at radius 2 is 2.38 bits per heavy atom. The summed E-state index contributed by atoms with van der Waals surface area (Å²) in [5.41, 5.74) is 1.67. The average Bonchev–Trinajstić information content (AvgIpc) is 3.00. The Morgan fingerprint density at radius 3 is 3.29 bits per heavy atom. The molecule has 0 bridgehead atoms. The molecule has 21 heavy (non-hydrogen) atoms. The molecule has 114 valence electrons. The predicted molar refractivity (Wildman–Crippen MR) is 81.4 cm³/mol. The Hall–Kier alpha value is -1.73. The zero-order valence-electron chi connectivity index (χ0n) is 12.4.